The number of hydrogen-bond acceptors (Lipinski definition) is 2. The molecule has 134 valence electrons. The highest BCUT2D eigenvalue weighted by Gasteiger charge is 2.36. The molecule has 0 saturated heterocycles. The van der Waals surface area contributed by atoms with Crippen LogP contribution in [0.4, 0.5) is 13.2 Å². The Morgan fingerprint density at radius 2 is 1.31 bits per heavy atom. The molecule has 0 unspecified atom stereocenters. The summed E-state index contributed by atoms with van der Waals surface area (Å²) in [5.74, 6) is -0.0455. The van der Waals surface area contributed by atoms with E-state index < -0.39 is 18.9 Å². The zero-order valence-electron chi connectivity index (χ0n) is 13.9. The lowest BCUT2D eigenvalue weighted by Gasteiger charge is -2.22. The van der Waals surface area contributed by atoms with E-state index in [-0.39, 0.29) is 11.1 Å². The van der Waals surface area contributed by atoms with Crippen molar-refractivity contribution in [1.82, 2.24) is 0 Å². The standard InChI is InChI=1S/C20H16F3O2P/c1-25-18-14-15(20(21,22)23)12-13-19(18)26(24,16-8-4-2-5-9-16)17-10-6-3-7-11-17/h2-14H,1H3. The SMILES string of the molecule is COc1cc(C(F)(F)F)ccc1P(=O)(c1ccccc1)c1ccccc1. The van der Waals surface area contributed by atoms with Crippen molar-refractivity contribution in [2.75, 3.05) is 7.11 Å². The van der Waals surface area contributed by atoms with Crippen LogP contribution in [0.5, 0.6) is 5.75 Å². The fourth-order valence-electron chi connectivity index (χ4n) is 2.82. The molecule has 0 spiro atoms. The van der Waals surface area contributed by atoms with E-state index in [2.05, 4.69) is 0 Å². The molecule has 0 bridgehead atoms. The molecule has 0 aromatic heterocycles. The maximum atomic E-state index is 14.2. The average molecular weight is 376 g/mol. The monoisotopic (exact) mass is 376 g/mol. The second-order valence-electron chi connectivity index (χ2n) is 5.66. The van der Waals surface area contributed by atoms with E-state index in [1.165, 1.54) is 13.2 Å². The van der Waals surface area contributed by atoms with Crippen molar-refractivity contribution in [3.05, 3.63) is 84.4 Å². The van der Waals surface area contributed by atoms with Gasteiger partial charge in [-0.05, 0) is 18.2 Å². The van der Waals surface area contributed by atoms with Gasteiger partial charge < -0.3 is 9.30 Å². The van der Waals surface area contributed by atoms with Crippen LogP contribution in [0.1, 0.15) is 5.56 Å². The highest BCUT2D eigenvalue weighted by molar-refractivity contribution is 7.85. The third kappa shape index (κ3) is 3.27. The molecular weight excluding hydrogens is 360 g/mol. The van der Waals surface area contributed by atoms with E-state index >= 15 is 0 Å². The van der Waals surface area contributed by atoms with Gasteiger partial charge >= 0.3 is 6.18 Å². The maximum Gasteiger partial charge on any atom is 0.416 e. The molecule has 0 N–H and O–H groups in total. The van der Waals surface area contributed by atoms with E-state index in [4.69, 9.17) is 4.74 Å². The Labute approximate surface area is 149 Å². The normalized spacial score (nSPS) is 12.0. The Morgan fingerprint density at radius 3 is 1.73 bits per heavy atom. The quantitative estimate of drug-likeness (QED) is 0.633. The van der Waals surface area contributed by atoms with Gasteiger partial charge in [0.25, 0.3) is 0 Å². The summed E-state index contributed by atoms with van der Waals surface area (Å²) in [7, 11) is -2.12. The average Bonchev–Trinajstić information content (AvgIpc) is 2.67. The van der Waals surface area contributed by atoms with Crippen molar-refractivity contribution < 1.29 is 22.5 Å². The van der Waals surface area contributed by atoms with Gasteiger partial charge in [0.15, 0.2) is 7.14 Å². The smallest absolute Gasteiger partial charge is 0.416 e. The van der Waals surface area contributed by atoms with Crippen LogP contribution in [-0.2, 0) is 10.7 Å². The molecule has 0 radical (unpaired) electrons. The number of hydrogen-bond donors (Lipinski definition) is 0. The summed E-state index contributed by atoms with van der Waals surface area (Å²) in [6.45, 7) is 0. The molecule has 0 aliphatic heterocycles. The highest BCUT2D eigenvalue weighted by Crippen LogP contribution is 2.46. The number of halogens is 3. The van der Waals surface area contributed by atoms with E-state index in [9.17, 15) is 17.7 Å². The van der Waals surface area contributed by atoms with Crippen LogP contribution in [0, 0.1) is 0 Å². The molecule has 0 atom stereocenters. The molecule has 2 nitrogen and oxygen atoms in total. The molecule has 0 heterocycles. The number of alkyl halides is 3. The Hall–Kier alpha value is -2.52. The van der Waals surface area contributed by atoms with Gasteiger partial charge in [-0.2, -0.15) is 13.2 Å². The molecular formula is C20H16F3O2P. The zero-order valence-corrected chi connectivity index (χ0v) is 14.8. The lowest BCUT2D eigenvalue weighted by atomic mass is 10.2. The summed E-state index contributed by atoms with van der Waals surface area (Å²) in [6.07, 6.45) is -4.50. The molecule has 0 fully saturated rings. The highest BCUT2D eigenvalue weighted by atomic mass is 31.2. The Morgan fingerprint density at radius 1 is 0.808 bits per heavy atom. The first-order valence-electron chi connectivity index (χ1n) is 7.84. The minimum absolute atomic E-state index is 0.0455. The number of ether oxygens (including phenoxy) is 1. The van der Waals surface area contributed by atoms with Gasteiger partial charge in [-0.25, -0.2) is 0 Å². The molecule has 3 aromatic carbocycles. The predicted octanol–water partition coefficient (Wildman–Crippen LogP) is 4.35. The fraction of sp³-hybridized carbons (Fsp3) is 0.100. The van der Waals surface area contributed by atoms with Crippen LogP contribution in [0.15, 0.2) is 78.9 Å². The Kier molecular flexibility index (Phi) is 4.92. The van der Waals surface area contributed by atoms with E-state index in [1.807, 2.05) is 0 Å². The molecule has 0 aliphatic rings. The lowest BCUT2D eigenvalue weighted by molar-refractivity contribution is -0.137. The number of benzene rings is 3. The van der Waals surface area contributed by atoms with Crippen molar-refractivity contribution in [1.29, 1.82) is 0 Å². The van der Waals surface area contributed by atoms with Crippen LogP contribution < -0.4 is 20.7 Å². The summed E-state index contributed by atoms with van der Waals surface area (Å²) in [4.78, 5) is 0. The second kappa shape index (κ2) is 7.00. The van der Waals surface area contributed by atoms with Gasteiger partial charge in [0.2, 0.25) is 0 Å². The van der Waals surface area contributed by atoms with Crippen molar-refractivity contribution >= 4 is 23.1 Å². The summed E-state index contributed by atoms with van der Waals surface area (Å²) < 4.78 is 58.6. The van der Waals surface area contributed by atoms with Gasteiger partial charge in [0.05, 0.1) is 18.0 Å². The van der Waals surface area contributed by atoms with E-state index in [0.717, 1.165) is 12.1 Å². The van der Waals surface area contributed by atoms with Crippen LogP contribution >= 0.6 is 7.14 Å². The first-order chi connectivity index (χ1) is 12.4. The minimum atomic E-state index is -4.50. The van der Waals surface area contributed by atoms with Crippen LogP contribution in [-0.4, -0.2) is 7.11 Å². The molecule has 0 saturated carbocycles. The van der Waals surface area contributed by atoms with Crippen LogP contribution in [0.2, 0.25) is 0 Å². The number of methoxy groups -OCH3 is 1. The molecule has 3 rings (SSSR count). The van der Waals surface area contributed by atoms with Crippen molar-refractivity contribution in [3.8, 4) is 5.75 Å². The van der Waals surface area contributed by atoms with Crippen LogP contribution in [0.25, 0.3) is 0 Å². The maximum absolute atomic E-state index is 14.2. The number of rotatable bonds is 4. The fourth-order valence-corrected chi connectivity index (χ4v) is 5.61. The minimum Gasteiger partial charge on any atom is -0.496 e. The first-order valence-corrected chi connectivity index (χ1v) is 9.55. The summed E-state index contributed by atoms with van der Waals surface area (Å²) >= 11 is 0. The van der Waals surface area contributed by atoms with Crippen molar-refractivity contribution in [2.24, 2.45) is 0 Å². The molecule has 0 aliphatic carbocycles. The summed E-state index contributed by atoms with van der Waals surface area (Å²) in [5.41, 5.74) is -0.842. The topological polar surface area (TPSA) is 26.3 Å². The van der Waals surface area contributed by atoms with Crippen LogP contribution in [0.3, 0.4) is 0 Å². The van der Waals surface area contributed by atoms with Gasteiger partial charge in [-0.15, -0.1) is 0 Å². The summed E-state index contributed by atoms with van der Waals surface area (Å²) in [6, 6.07) is 20.5. The summed E-state index contributed by atoms with van der Waals surface area (Å²) in [5, 5.41) is 1.30. The Balaban J connectivity index is 2.29. The third-order valence-electron chi connectivity index (χ3n) is 4.09. The molecule has 0 amide bonds. The lowest BCUT2D eigenvalue weighted by Crippen LogP contribution is -2.26. The zero-order chi connectivity index (χ0) is 18.8. The molecule has 6 heteroatoms. The van der Waals surface area contributed by atoms with Crippen molar-refractivity contribution in [3.63, 3.8) is 0 Å². The Bertz CT molecular complexity index is 895. The third-order valence-corrected chi connectivity index (χ3v) is 7.18. The van der Waals surface area contributed by atoms with Gasteiger partial charge in [-0.3, -0.25) is 0 Å². The molecule has 3 aromatic rings. The van der Waals surface area contributed by atoms with Gasteiger partial charge in [0.1, 0.15) is 5.75 Å². The van der Waals surface area contributed by atoms with E-state index in [1.54, 1.807) is 60.7 Å². The van der Waals surface area contributed by atoms with Gasteiger partial charge in [0, 0.05) is 10.6 Å². The first kappa shape index (κ1) is 18.3. The second-order valence-corrected chi connectivity index (χ2v) is 8.40. The van der Waals surface area contributed by atoms with Crippen molar-refractivity contribution in [2.45, 2.75) is 6.18 Å². The predicted molar refractivity (Wildman–Crippen MR) is 97.4 cm³/mol. The van der Waals surface area contributed by atoms with E-state index in [0.29, 0.717) is 10.6 Å². The largest absolute Gasteiger partial charge is 0.496 e. The molecule has 26 heavy (non-hydrogen) atoms. The van der Waals surface area contributed by atoms with Gasteiger partial charge in [-0.1, -0.05) is 60.7 Å².